The summed E-state index contributed by atoms with van der Waals surface area (Å²) < 4.78 is 5.57. The van der Waals surface area contributed by atoms with E-state index in [-0.39, 0.29) is 31.3 Å². The minimum Gasteiger partial charge on any atom is -0.481 e. The summed E-state index contributed by atoms with van der Waals surface area (Å²) >= 11 is 0. The number of rotatable bonds is 9. The van der Waals surface area contributed by atoms with Crippen LogP contribution < -0.4 is 10.6 Å². The van der Waals surface area contributed by atoms with Gasteiger partial charge in [0.2, 0.25) is 5.91 Å². The van der Waals surface area contributed by atoms with Crippen molar-refractivity contribution in [3.63, 3.8) is 0 Å². The molecule has 0 heterocycles. The first-order valence-corrected chi connectivity index (χ1v) is 12.6. The second kappa shape index (κ2) is 10.1. The van der Waals surface area contributed by atoms with Gasteiger partial charge < -0.3 is 20.5 Å². The number of carboxylic acid groups (broad SMARTS) is 1. The van der Waals surface area contributed by atoms with Crippen molar-refractivity contribution in [2.75, 3.05) is 13.2 Å². The molecule has 7 heteroatoms. The molecule has 0 radical (unpaired) electrons. The maximum absolute atomic E-state index is 12.9. The molecule has 3 aliphatic carbocycles. The number of alkyl carbamates (subject to hydrolysis) is 1. The third kappa shape index (κ3) is 5.19. The quantitative estimate of drug-likeness (QED) is 0.500. The van der Waals surface area contributed by atoms with Crippen LogP contribution in [0.1, 0.15) is 55.6 Å². The molecule has 5 rings (SSSR count). The van der Waals surface area contributed by atoms with E-state index in [1.54, 1.807) is 0 Å². The molecule has 0 saturated heterocycles. The minimum atomic E-state index is -1.01. The molecular weight excluding hydrogens is 444 g/mol. The molecule has 2 saturated carbocycles. The largest absolute Gasteiger partial charge is 0.481 e. The number of hydrogen-bond donors (Lipinski definition) is 3. The van der Waals surface area contributed by atoms with Gasteiger partial charge in [-0.25, -0.2) is 4.79 Å². The summed E-state index contributed by atoms with van der Waals surface area (Å²) in [4.78, 5) is 36.7. The molecule has 4 unspecified atom stereocenters. The molecule has 3 N–H and O–H groups in total. The Labute approximate surface area is 205 Å². The molecule has 0 aromatic heterocycles. The summed E-state index contributed by atoms with van der Waals surface area (Å²) in [5.41, 5.74) is 4.48. The lowest BCUT2D eigenvalue weighted by molar-refractivity contribution is -0.137. The third-order valence-corrected chi connectivity index (χ3v) is 7.87. The van der Waals surface area contributed by atoms with E-state index in [1.165, 1.54) is 19.3 Å². The van der Waals surface area contributed by atoms with Gasteiger partial charge in [0, 0.05) is 18.9 Å². The molecule has 0 bridgehead atoms. The van der Waals surface area contributed by atoms with Gasteiger partial charge in [-0.2, -0.15) is 0 Å². The number of benzene rings is 2. The maximum Gasteiger partial charge on any atom is 0.407 e. The predicted molar refractivity (Wildman–Crippen MR) is 131 cm³/mol. The van der Waals surface area contributed by atoms with Crippen LogP contribution in [0.15, 0.2) is 48.5 Å². The predicted octanol–water partition coefficient (Wildman–Crippen LogP) is 4.31. The highest BCUT2D eigenvalue weighted by molar-refractivity contribution is 5.86. The maximum atomic E-state index is 12.9. The Morgan fingerprint density at radius 3 is 2.37 bits per heavy atom. The zero-order valence-corrected chi connectivity index (χ0v) is 19.7. The van der Waals surface area contributed by atoms with Crippen molar-refractivity contribution >= 4 is 18.0 Å². The fourth-order valence-corrected chi connectivity index (χ4v) is 5.96. The molecule has 0 aliphatic heterocycles. The van der Waals surface area contributed by atoms with E-state index in [0.717, 1.165) is 34.6 Å². The van der Waals surface area contributed by atoms with Crippen LogP contribution >= 0.6 is 0 Å². The van der Waals surface area contributed by atoms with Crippen molar-refractivity contribution in [1.29, 1.82) is 0 Å². The van der Waals surface area contributed by atoms with Gasteiger partial charge in [0.05, 0.1) is 0 Å². The molecular formula is C28H32N2O5. The highest BCUT2D eigenvalue weighted by Gasteiger charge is 2.45. The van der Waals surface area contributed by atoms with Crippen molar-refractivity contribution in [3.8, 4) is 11.1 Å². The Morgan fingerprint density at radius 2 is 1.69 bits per heavy atom. The molecule has 2 amide bonds. The van der Waals surface area contributed by atoms with Crippen LogP contribution in [0.4, 0.5) is 4.79 Å². The molecule has 35 heavy (non-hydrogen) atoms. The van der Waals surface area contributed by atoms with Crippen molar-refractivity contribution in [2.45, 2.75) is 50.5 Å². The van der Waals surface area contributed by atoms with Gasteiger partial charge in [-0.05, 0) is 59.3 Å². The first kappa shape index (κ1) is 23.4. The van der Waals surface area contributed by atoms with Crippen molar-refractivity contribution in [1.82, 2.24) is 10.6 Å². The van der Waals surface area contributed by atoms with E-state index in [9.17, 15) is 14.4 Å². The van der Waals surface area contributed by atoms with Crippen LogP contribution in [-0.2, 0) is 14.3 Å². The molecule has 184 valence electrons. The van der Waals surface area contributed by atoms with Crippen LogP contribution in [0.3, 0.4) is 0 Å². The van der Waals surface area contributed by atoms with Gasteiger partial charge >= 0.3 is 12.1 Å². The average molecular weight is 477 g/mol. The smallest absolute Gasteiger partial charge is 0.407 e. The lowest BCUT2D eigenvalue weighted by Crippen LogP contribution is -2.48. The molecule has 2 aromatic rings. The Hall–Kier alpha value is -3.35. The Bertz CT molecular complexity index is 1070. The number of ether oxygens (including phenoxy) is 1. The van der Waals surface area contributed by atoms with Crippen molar-refractivity contribution in [3.05, 3.63) is 59.7 Å². The van der Waals surface area contributed by atoms with Gasteiger partial charge in [0.25, 0.3) is 0 Å². The van der Waals surface area contributed by atoms with E-state index in [2.05, 4.69) is 22.8 Å². The highest BCUT2D eigenvalue weighted by Crippen LogP contribution is 2.52. The summed E-state index contributed by atoms with van der Waals surface area (Å²) in [5, 5.41) is 14.7. The van der Waals surface area contributed by atoms with Crippen LogP contribution in [0, 0.1) is 17.8 Å². The van der Waals surface area contributed by atoms with Gasteiger partial charge in [-0.3, -0.25) is 9.59 Å². The van der Waals surface area contributed by atoms with Crippen molar-refractivity contribution in [2.24, 2.45) is 17.8 Å². The van der Waals surface area contributed by atoms with Gasteiger partial charge in [0.1, 0.15) is 12.6 Å². The van der Waals surface area contributed by atoms with Gasteiger partial charge in [-0.15, -0.1) is 0 Å². The first-order chi connectivity index (χ1) is 17.0. The third-order valence-electron chi connectivity index (χ3n) is 7.87. The Morgan fingerprint density at radius 1 is 1.00 bits per heavy atom. The number of nitrogens with one attached hydrogen (secondary N) is 2. The van der Waals surface area contributed by atoms with E-state index in [4.69, 9.17) is 9.84 Å². The molecule has 0 spiro atoms. The number of carbonyl (C=O) groups is 3. The standard InChI is InChI=1S/C28H32N2O5/c31-26(32)13-12-25(27(33)29-15-18-7-5-6-17-14-23(17)18)30-28(34)35-16-24-21-10-3-1-8-19(21)20-9-2-4-11-22(20)24/h1-4,8-11,17-18,23-25H,5-7,12-16H2,(H,29,33)(H,30,34)(H,31,32). The van der Waals surface area contributed by atoms with E-state index < -0.39 is 18.1 Å². The number of fused-ring (bicyclic) bond motifs is 4. The van der Waals surface area contributed by atoms with Crippen molar-refractivity contribution < 1.29 is 24.2 Å². The lowest BCUT2D eigenvalue weighted by Gasteiger charge is -2.24. The SMILES string of the molecule is O=C(O)CCC(NC(=O)OCC1c2ccccc2-c2ccccc21)C(=O)NCC1CCCC2CC12. The van der Waals surface area contributed by atoms with Crippen LogP contribution in [0.2, 0.25) is 0 Å². The monoisotopic (exact) mass is 476 g/mol. The van der Waals surface area contributed by atoms with Gasteiger partial charge in [-0.1, -0.05) is 61.4 Å². The zero-order chi connectivity index (χ0) is 24.4. The zero-order valence-electron chi connectivity index (χ0n) is 19.7. The topological polar surface area (TPSA) is 105 Å². The fourth-order valence-electron chi connectivity index (χ4n) is 5.96. The van der Waals surface area contributed by atoms with Crippen LogP contribution in [0.5, 0.6) is 0 Å². The molecule has 2 fully saturated rings. The Balaban J connectivity index is 1.19. The van der Waals surface area contributed by atoms with Gasteiger partial charge in [0.15, 0.2) is 0 Å². The van der Waals surface area contributed by atoms with E-state index >= 15 is 0 Å². The fraction of sp³-hybridized carbons (Fsp3) is 0.464. The molecule has 2 aromatic carbocycles. The summed E-state index contributed by atoms with van der Waals surface area (Å²) in [6.45, 7) is 0.716. The number of carbonyl (C=O) groups excluding carboxylic acids is 2. The molecule has 7 nitrogen and oxygen atoms in total. The normalized spacial score (nSPS) is 22.8. The summed E-state index contributed by atoms with van der Waals surface area (Å²) in [5.74, 6) is 0.557. The lowest BCUT2D eigenvalue weighted by atomic mass is 9.89. The summed E-state index contributed by atoms with van der Waals surface area (Å²) in [7, 11) is 0. The number of hydrogen-bond acceptors (Lipinski definition) is 4. The van der Waals surface area contributed by atoms with Crippen LogP contribution in [0.25, 0.3) is 11.1 Å². The minimum absolute atomic E-state index is 0.0160. The van der Waals surface area contributed by atoms with Crippen LogP contribution in [-0.4, -0.2) is 42.3 Å². The number of carboxylic acids is 1. The number of amides is 2. The second-order valence-corrected chi connectivity index (χ2v) is 10.1. The average Bonchev–Trinajstić information content (AvgIpc) is 3.60. The second-order valence-electron chi connectivity index (χ2n) is 10.1. The summed E-state index contributed by atoms with van der Waals surface area (Å²) in [6.07, 6.45) is 3.94. The Kier molecular flexibility index (Phi) is 6.75. The molecule has 3 aliphatic rings. The number of aliphatic carboxylic acids is 1. The first-order valence-electron chi connectivity index (χ1n) is 12.6. The van der Waals surface area contributed by atoms with E-state index in [1.807, 2.05) is 36.4 Å². The summed E-state index contributed by atoms with van der Waals surface area (Å²) in [6, 6.07) is 15.2. The van der Waals surface area contributed by atoms with E-state index in [0.29, 0.717) is 18.4 Å². The highest BCUT2D eigenvalue weighted by atomic mass is 16.5. The molecule has 4 atom stereocenters.